The Hall–Kier alpha value is 0.736. The molecule has 0 rings (SSSR count). The van der Waals surface area contributed by atoms with Crippen LogP contribution in [-0.2, 0) is 0 Å². The SMILES string of the molecule is [F][GeH]([F])[Ge]([F])([F])[F]. The normalized spacial score (nSPS) is 12.9. The zero-order valence-corrected chi connectivity index (χ0v) is 7.49. The molecule has 0 bridgehead atoms. The number of hydrogen-bond acceptors (Lipinski definition) is 0. The second kappa shape index (κ2) is 2.34. The molecule has 0 atom stereocenters. The van der Waals surface area contributed by atoms with E-state index in [1.165, 1.54) is 0 Å². The molecule has 0 aliphatic carbocycles. The Morgan fingerprint density at radius 1 is 1.00 bits per heavy atom. The van der Waals surface area contributed by atoms with Gasteiger partial charge in [0.1, 0.15) is 0 Å². The standard InChI is InChI=1S/F5Ge2H/c1-6(2)7(3,4)5/h6H. The first-order chi connectivity index (χ1) is 2.94. The van der Waals surface area contributed by atoms with Crippen LogP contribution < -0.4 is 0 Å². The molecule has 0 aromatic carbocycles. The molecule has 0 aliphatic heterocycles. The van der Waals surface area contributed by atoms with E-state index in [1.807, 2.05) is 0 Å². The summed E-state index contributed by atoms with van der Waals surface area (Å²) in [5.41, 5.74) is 0. The van der Waals surface area contributed by atoms with Gasteiger partial charge in [0.25, 0.3) is 0 Å². The van der Waals surface area contributed by atoms with E-state index in [9.17, 15) is 17.5 Å². The topological polar surface area (TPSA) is 0 Å². The second-order valence-electron chi connectivity index (χ2n) is 0.842. The average molecular weight is 241 g/mol. The summed E-state index contributed by atoms with van der Waals surface area (Å²) in [6.45, 7) is 0. The van der Waals surface area contributed by atoms with E-state index in [0.717, 1.165) is 0 Å². The Bertz CT molecular complexity index is 51.6. The third-order valence-corrected chi connectivity index (χ3v) is 6.68. The van der Waals surface area contributed by atoms with Gasteiger partial charge in [0, 0.05) is 0 Å². The fourth-order valence-electron chi connectivity index (χ4n) is 0. The Kier molecular flexibility index (Phi) is 2.58. The van der Waals surface area contributed by atoms with E-state index in [0.29, 0.717) is 0 Å². The number of rotatable bonds is 1. The van der Waals surface area contributed by atoms with Crippen LogP contribution in [0.25, 0.3) is 0 Å². The fraction of sp³-hybridized carbons (Fsp3) is 0. The van der Waals surface area contributed by atoms with Crippen LogP contribution in [0.4, 0.5) is 17.5 Å². The molecule has 0 saturated carbocycles. The maximum absolute atomic E-state index is 10.7. The molecule has 0 spiro atoms. The summed E-state index contributed by atoms with van der Waals surface area (Å²) in [6, 6.07) is 0. The molecule has 44 valence electrons. The van der Waals surface area contributed by atoms with Crippen molar-refractivity contribution in [1.29, 1.82) is 0 Å². The predicted molar refractivity (Wildman–Crippen MR) is 18.4 cm³/mol. The van der Waals surface area contributed by atoms with E-state index in [2.05, 4.69) is 0 Å². The van der Waals surface area contributed by atoms with Gasteiger partial charge in [0.2, 0.25) is 0 Å². The molecule has 0 nitrogen and oxygen atoms in total. The summed E-state index contributed by atoms with van der Waals surface area (Å²) < 4.78 is 53.5. The molecule has 0 aromatic rings. The van der Waals surface area contributed by atoms with E-state index >= 15 is 0 Å². The molecule has 0 aromatic heterocycles. The van der Waals surface area contributed by atoms with Crippen molar-refractivity contribution in [1.82, 2.24) is 0 Å². The quantitative estimate of drug-likeness (QED) is 0.476. The molecule has 0 radical (unpaired) electrons. The van der Waals surface area contributed by atoms with Gasteiger partial charge >= 0.3 is 43.5 Å². The van der Waals surface area contributed by atoms with Crippen LogP contribution in [0.5, 0.6) is 0 Å². The van der Waals surface area contributed by atoms with Crippen molar-refractivity contribution in [3.05, 3.63) is 0 Å². The zero-order valence-electron chi connectivity index (χ0n) is 2.97. The van der Waals surface area contributed by atoms with Crippen LogP contribution in [0, 0.1) is 0 Å². The summed E-state index contributed by atoms with van der Waals surface area (Å²) in [4.78, 5) is 0. The maximum atomic E-state index is 10.7. The second-order valence-corrected chi connectivity index (χ2v) is 16.3. The van der Waals surface area contributed by atoms with Crippen molar-refractivity contribution < 1.29 is 17.5 Å². The van der Waals surface area contributed by atoms with E-state index in [1.54, 1.807) is 0 Å². The molecule has 0 saturated heterocycles. The van der Waals surface area contributed by atoms with Gasteiger partial charge < -0.3 is 0 Å². The number of hydrogen-bond donors (Lipinski definition) is 0. The van der Waals surface area contributed by atoms with Gasteiger partial charge in [0.15, 0.2) is 0 Å². The molecule has 7 heteroatoms. The van der Waals surface area contributed by atoms with E-state index < -0.39 is 26.0 Å². The van der Waals surface area contributed by atoms with Gasteiger partial charge in [-0.3, -0.25) is 0 Å². The molecule has 0 aliphatic rings. The van der Waals surface area contributed by atoms with Crippen LogP contribution in [0.15, 0.2) is 0 Å². The third kappa shape index (κ3) is 3.33. The number of halogens is 5. The summed E-state index contributed by atoms with van der Waals surface area (Å²) in [5, 5.41) is 0. The molecule has 0 amide bonds. The molecule has 0 N–H and O–H groups in total. The van der Waals surface area contributed by atoms with Crippen molar-refractivity contribution in [2.45, 2.75) is 0 Å². The molecular weight excluding hydrogens is 240 g/mol. The van der Waals surface area contributed by atoms with Gasteiger partial charge in [-0.25, -0.2) is 0 Å². The van der Waals surface area contributed by atoms with Gasteiger partial charge in [-0.05, 0) is 0 Å². The van der Waals surface area contributed by atoms with E-state index in [-0.39, 0.29) is 0 Å². The Morgan fingerprint density at radius 3 is 1.14 bits per heavy atom. The van der Waals surface area contributed by atoms with Gasteiger partial charge in [-0.1, -0.05) is 0 Å². The molecule has 7 heavy (non-hydrogen) atoms. The molecule has 0 fully saturated rings. The van der Waals surface area contributed by atoms with Gasteiger partial charge in [-0.2, -0.15) is 0 Å². The minimum absolute atomic E-state index is 5.58. The predicted octanol–water partition coefficient (Wildman–Crippen LogP) is 1.07. The Balaban J connectivity index is 3.54. The van der Waals surface area contributed by atoms with Crippen LogP contribution in [0.3, 0.4) is 0 Å². The van der Waals surface area contributed by atoms with Crippen molar-refractivity contribution in [3.63, 3.8) is 0 Å². The first-order valence-electron chi connectivity index (χ1n) is 1.29. The van der Waals surface area contributed by atoms with Crippen LogP contribution in [0.2, 0.25) is 0 Å². The first kappa shape index (κ1) is 7.74. The molecule has 0 unspecified atom stereocenters. The summed E-state index contributed by atoms with van der Waals surface area (Å²) in [5.74, 6) is 0. The van der Waals surface area contributed by atoms with Gasteiger partial charge in [-0.15, -0.1) is 0 Å². The minimum atomic E-state index is -6.81. The monoisotopic (exact) mass is 244 g/mol. The fourth-order valence-corrected chi connectivity index (χ4v) is 0. The van der Waals surface area contributed by atoms with Crippen molar-refractivity contribution in [3.8, 4) is 0 Å². The summed E-state index contributed by atoms with van der Waals surface area (Å²) >= 11 is -12.4. The average Bonchev–Trinajstić information content (AvgIpc) is 1.31. The third-order valence-electron chi connectivity index (χ3n) is 0.247. The summed E-state index contributed by atoms with van der Waals surface area (Å²) in [6.07, 6.45) is 0. The van der Waals surface area contributed by atoms with Crippen molar-refractivity contribution in [2.24, 2.45) is 0 Å². The molecular formula is HF5Ge2. The van der Waals surface area contributed by atoms with Gasteiger partial charge in [0.05, 0.1) is 0 Å². The first-order valence-corrected chi connectivity index (χ1v) is 13.0. The van der Waals surface area contributed by atoms with E-state index in [4.69, 9.17) is 0 Å². The van der Waals surface area contributed by atoms with Crippen molar-refractivity contribution in [2.75, 3.05) is 0 Å². The summed E-state index contributed by atoms with van der Waals surface area (Å²) in [7, 11) is 0. The van der Waals surface area contributed by atoms with Crippen molar-refractivity contribution >= 4 is 26.0 Å². The van der Waals surface area contributed by atoms with Crippen LogP contribution in [0.1, 0.15) is 0 Å². The zero-order chi connectivity index (χ0) is 6.08. The Morgan fingerprint density at radius 2 is 1.14 bits per heavy atom. The van der Waals surface area contributed by atoms with Crippen LogP contribution >= 0.6 is 0 Å². The van der Waals surface area contributed by atoms with Crippen LogP contribution in [-0.4, -0.2) is 26.0 Å². The Labute approximate surface area is 44.0 Å². The molecule has 0 heterocycles.